The van der Waals surface area contributed by atoms with E-state index in [1.807, 2.05) is 49.5 Å². The molecule has 3 rings (SSSR count). The van der Waals surface area contributed by atoms with Gasteiger partial charge in [-0.15, -0.1) is 11.3 Å². The maximum Gasteiger partial charge on any atom is 0.346 e. The molecule has 29 heavy (non-hydrogen) atoms. The molecule has 10 heteroatoms. The van der Waals surface area contributed by atoms with Crippen molar-refractivity contribution in [2.75, 3.05) is 25.5 Å². The first-order valence-electron chi connectivity index (χ1n) is 8.90. The van der Waals surface area contributed by atoms with Gasteiger partial charge in [-0.1, -0.05) is 0 Å². The van der Waals surface area contributed by atoms with E-state index in [0.717, 1.165) is 25.8 Å². The number of halogens is 2. The van der Waals surface area contributed by atoms with Crippen LogP contribution in [0.3, 0.4) is 0 Å². The molecule has 0 bridgehead atoms. The lowest BCUT2D eigenvalue weighted by Crippen LogP contribution is -2.27. The van der Waals surface area contributed by atoms with Crippen LogP contribution in [0.2, 0.25) is 0 Å². The van der Waals surface area contributed by atoms with Crippen molar-refractivity contribution in [3.05, 3.63) is 63.3 Å². The van der Waals surface area contributed by atoms with Gasteiger partial charge >= 0.3 is 5.69 Å². The van der Waals surface area contributed by atoms with Crippen LogP contribution >= 0.6 is 11.3 Å². The monoisotopic (exact) mass is 420 g/mol. The van der Waals surface area contributed by atoms with Crippen molar-refractivity contribution in [3.8, 4) is 10.4 Å². The quantitative estimate of drug-likeness (QED) is 0.636. The van der Waals surface area contributed by atoms with E-state index >= 15 is 0 Å². The lowest BCUT2D eigenvalue weighted by atomic mass is 10.2. The highest BCUT2D eigenvalue weighted by Crippen LogP contribution is 2.29. The number of pyridine rings is 1. The van der Waals surface area contributed by atoms with E-state index in [1.165, 1.54) is 4.57 Å². The molecule has 3 aromatic heterocycles. The predicted molar refractivity (Wildman–Crippen MR) is 110 cm³/mol. The Hall–Kier alpha value is -2.85. The zero-order chi connectivity index (χ0) is 21.1. The van der Waals surface area contributed by atoms with Crippen molar-refractivity contribution in [1.82, 2.24) is 19.3 Å². The molecule has 0 saturated heterocycles. The van der Waals surface area contributed by atoms with Crippen LogP contribution in [0.1, 0.15) is 10.7 Å². The molecule has 0 radical (unpaired) electrons. The number of anilines is 1. The molecule has 0 aliphatic carbocycles. The highest BCUT2D eigenvalue weighted by molar-refractivity contribution is 7.15. The number of thiophene rings is 1. The first kappa shape index (κ1) is 20.9. The Balaban J connectivity index is 1.81. The summed E-state index contributed by atoms with van der Waals surface area (Å²) in [6.07, 6.45) is -0.0598. The normalized spacial score (nSPS) is 11.0. The van der Waals surface area contributed by atoms with Crippen LogP contribution in [-0.4, -0.2) is 40.0 Å². The second kappa shape index (κ2) is 8.66. The standard InChI is InChI=1S/C19H22F2N6OS/c1-12-24-27(10-14(8-22)18(20)21)19(28)26(12)11-15-5-6-16(29-15)13-4-7-17(23-9-13)25(2)3/h4-7,9H,8,10-11,22H2,1-3H3. The second-order valence-corrected chi connectivity index (χ2v) is 7.88. The van der Waals surface area contributed by atoms with Crippen LogP contribution in [0.15, 0.2) is 46.9 Å². The fraction of sp³-hybridized carbons (Fsp3) is 0.316. The van der Waals surface area contributed by atoms with Gasteiger partial charge in [-0.3, -0.25) is 4.57 Å². The smallest absolute Gasteiger partial charge is 0.346 e. The van der Waals surface area contributed by atoms with Gasteiger partial charge in [0.05, 0.1) is 13.1 Å². The third-order valence-corrected chi connectivity index (χ3v) is 5.55. The molecular weight excluding hydrogens is 398 g/mol. The Kier molecular flexibility index (Phi) is 6.23. The van der Waals surface area contributed by atoms with Gasteiger partial charge in [-0.2, -0.15) is 13.9 Å². The molecule has 7 nitrogen and oxygen atoms in total. The van der Waals surface area contributed by atoms with Crippen LogP contribution < -0.4 is 16.3 Å². The topological polar surface area (TPSA) is 82.0 Å². The molecule has 0 spiro atoms. The number of rotatable bonds is 7. The molecule has 0 aromatic carbocycles. The number of hydrogen-bond donors (Lipinski definition) is 1. The molecule has 0 aliphatic heterocycles. The molecular formula is C19H22F2N6OS. The first-order valence-corrected chi connectivity index (χ1v) is 9.71. The van der Waals surface area contributed by atoms with Crippen LogP contribution in [0.4, 0.5) is 14.6 Å². The SMILES string of the molecule is Cc1nn(CC(CN)=C(F)F)c(=O)n1Cc1ccc(-c2ccc(N(C)C)nc2)s1. The lowest BCUT2D eigenvalue weighted by molar-refractivity contribution is 0.400. The van der Waals surface area contributed by atoms with E-state index in [1.54, 1.807) is 18.3 Å². The Morgan fingerprint density at radius 3 is 2.59 bits per heavy atom. The summed E-state index contributed by atoms with van der Waals surface area (Å²) in [5, 5.41) is 4.10. The Bertz CT molecular complexity index is 1080. The van der Waals surface area contributed by atoms with Gasteiger partial charge in [0.2, 0.25) is 0 Å². The summed E-state index contributed by atoms with van der Waals surface area (Å²) in [5.74, 6) is 1.33. The lowest BCUT2D eigenvalue weighted by Gasteiger charge is -2.10. The number of nitrogens with two attached hydrogens (primary N) is 1. The number of aryl methyl sites for hydroxylation is 1. The van der Waals surface area contributed by atoms with Crippen molar-refractivity contribution in [3.63, 3.8) is 0 Å². The number of aromatic nitrogens is 4. The molecule has 154 valence electrons. The Labute approximate surface area is 170 Å². The third kappa shape index (κ3) is 4.60. The van der Waals surface area contributed by atoms with E-state index in [-0.39, 0.29) is 18.7 Å². The summed E-state index contributed by atoms with van der Waals surface area (Å²) >= 11 is 1.55. The highest BCUT2D eigenvalue weighted by Gasteiger charge is 2.15. The van der Waals surface area contributed by atoms with Crippen molar-refractivity contribution in [2.24, 2.45) is 5.73 Å². The summed E-state index contributed by atoms with van der Waals surface area (Å²) in [4.78, 5) is 20.9. The average molecular weight is 420 g/mol. The predicted octanol–water partition coefficient (Wildman–Crippen LogP) is 2.70. The molecule has 0 atom stereocenters. The summed E-state index contributed by atoms with van der Waals surface area (Å²) in [7, 11) is 3.86. The summed E-state index contributed by atoms with van der Waals surface area (Å²) in [6, 6.07) is 7.86. The van der Waals surface area contributed by atoms with Crippen molar-refractivity contribution < 1.29 is 8.78 Å². The van der Waals surface area contributed by atoms with Gasteiger partial charge in [0.1, 0.15) is 11.6 Å². The average Bonchev–Trinajstić information content (AvgIpc) is 3.26. The molecule has 3 aromatic rings. The van der Waals surface area contributed by atoms with Crippen LogP contribution in [-0.2, 0) is 13.1 Å². The van der Waals surface area contributed by atoms with Gasteiger partial charge in [-0.05, 0) is 31.2 Å². The van der Waals surface area contributed by atoms with Crippen molar-refractivity contribution >= 4 is 17.2 Å². The van der Waals surface area contributed by atoms with Gasteiger partial charge in [-0.25, -0.2) is 14.5 Å². The summed E-state index contributed by atoms with van der Waals surface area (Å²) in [5.41, 5.74) is 5.57. The van der Waals surface area contributed by atoms with E-state index in [9.17, 15) is 13.6 Å². The van der Waals surface area contributed by atoms with Gasteiger partial charge < -0.3 is 10.6 Å². The third-order valence-electron chi connectivity index (χ3n) is 4.43. The molecule has 0 fully saturated rings. The molecule has 3 heterocycles. The molecule has 0 unspecified atom stereocenters. The minimum absolute atomic E-state index is 0.302. The molecule has 2 N–H and O–H groups in total. The second-order valence-electron chi connectivity index (χ2n) is 6.71. The Morgan fingerprint density at radius 1 is 1.24 bits per heavy atom. The van der Waals surface area contributed by atoms with E-state index in [0.29, 0.717) is 12.4 Å². The summed E-state index contributed by atoms with van der Waals surface area (Å²) in [6.45, 7) is 1.35. The Morgan fingerprint density at radius 2 is 2.00 bits per heavy atom. The maximum absolute atomic E-state index is 12.8. The minimum Gasteiger partial charge on any atom is -0.363 e. The highest BCUT2D eigenvalue weighted by atomic mass is 32.1. The van der Waals surface area contributed by atoms with E-state index in [4.69, 9.17) is 5.73 Å². The van der Waals surface area contributed by atoms with E-state index in [2.05, 4.69) is 10.1 Å². The van der Waals surface area contributed by atoms with Crippen LogP contribution in [0.5, 0.6) is 0 Å². The molecule has 0 amide bonds. The fourth-order valence-electron chi connectivity index (χ4n) is 2.79. The minimum atomic E-state index is -1.87. The van der Waals surface area contributed by atoms with Crippen molar-refractivity contribution in [2.45, 2.75) is 20.0 Å². The van der Waals surface area contributed by atoms with Gasteiger partial charge in [0, 0.05) is 47.7 Å². The summed E-state index contributed by atoms with van der Waals surface area (Å²) < 4.78 is 28.2. The zero-order valence-corrected chi connectivity index (χ0v) is 17.2. The molecule has 0 saturated carbocycles. The van der Waals surface area contributed by atoms with E-state index < -0.39 is 11.8 Å². The zero-order valence-electron chi connectivity index (χ0n) is 16.4. The van der Waals surface area contributed by atoms with Crippen LogP contribution in [0.25, 0.3) is 10.4 Å². The van der Waals surface area contributed by atoms with Gasteiger partial charge in [0.15, 0.2) is 0 Å². The first-order chi connectivity index (χ1) is 13.8. The maximum atomic E-state index is 12.8. The molecule has 0 aliphatic rings. The van der Waals surface area contributed by atoms with Crippen LogP contribution in [0, 0.1) is 6.92 Å². The number of hydrogen-bond acceptors (Lipinski definition) is 6. The van der Waals surface area contributed by atoms with Gasteiger partial charge in [0.25, 0.3) is 6.08 Å². The van der Waals surface area contributed by atoms with Crippen molar-refractivity contribution in [1.29, 1.82) is 0 Å². The number of nitrogens with zero attached hydrogens (tertiary/aromatic N) is 5. The fourth-order valence-corrected chi connectivity index (χ4v) is 3.77. The largest absolute Gasteiger partial charge is 0.363 e.